The number of carboxylic acid groups (broad SMARTS) is 1. The number of aliphatic carboxylic acids is 1. The van der Waals surface area contributed by atoms with Gasteiger partial charge in [-0.25, -0.2) is 4.98 Å². The van der Waals surface area contributed by atoms with Gasteiger partial charge < -0.3 is 14.7 Å². The lowest BCUT2D eigenvalue weighted by molar-refractivity contribution is -0.142. The van der Waals surface area contributed by atoms with Crippen molar-refractivity contribution < 1.29 is 14.6 Å². The number of carbonyl (C=O) groups is 1. The molecular weight excluding hydrogens is 276 g/mol. The van der Waals surface area contributed by atoms with Gasteiger partial charge in [0.05, 0.1) is 11.8 Å². The van der Waals surface area contributed by atoms with Gasteiger partial charge in [-0.3, -0.25) is 4.79 Å². The number of piperidine rings is 1. The van der Waals surface area contributed by atoms with Crippen LogP contribution in [0.3, 0.4) is 0 Å². The number of thiazole rings is 1. The van der Waals surface area contributed by atoms with Crippen molar-refractivity contribution in [1.82, 2.24) is 4.98 Å². The Hall–Kier alpha value is -1.14. The molecule has 1 aromatic rings. The maximum Gasteiger partial charge on any atom is 0.315 e. The summed E-state index contributed by atoms with van der Waals surface area (Å²) in [5.41, 5.74) is -0.296. The van der Waals surface area contributed by atoms with E-state index in [0.717, 1.165) is 37.7 Å². The van der Waals surface area contributed by atoms with Gasteiger partial charge in [-0.1, -0.05) is 0 Å². The summed E-state index contributed by atoms with van der Waals surface area (Å²) in [4.78, 5) is 18.0. The zero-order valence-corrected chi connectivity index (χ0v) is 13.1. The minimum atomic E-state index is -0.932. The van der Waals surface area contributed by atoms with Gasteiger partial charge in [0.2, 0.25) is 0 Å². The maximum absolute atomic E-state index is 11.3. The molecule has 5 nitrogen and oxygen atoms in total. The van der Waals surface area contributed by atoms with Crippen molar-refractivity contribution >= 4 is 22.4 Å². The lowest BCUT2D eigenvalue weighted by Crippen LogP contribution is -2.37. The highest BCUT2D eigenvalue weighted by molar-refractivity contribution is 7.13. The van der Waals surface area contributed by atoms with Crippen molar-refractivity contribution in [1.29, 1.82) is 0 Å². The van der Waals surface area contributed by atoms with E-state index in [2.05, 4.69) is 9.88 Å². The highest BCUT2D eigenvalue weighted by atomic mass is 32.1. The van der Waals surface area contributed by atoms with Crippen molar-refractivity contribution in [3.05, 3.63) is 11.1 Å². The van der Waals surface area contributed by atoms with Crippen molar-refractivity contribution in [3.63, 3.8) is 0 Å². The van der Waals surface area contributed by atoms with Gasteiger partial charge in [-0.15, -0.1) is 11.3 Å². The molecule has 0 saturated carbocycles. The molecule has 2 rings (SSSR count). The molecule has 1 fully saturated rings. The first-order valence-corrected chi connectivity index (χ1v) is 7.89. The molecule has 6 heteroatoms. The highest BCUT2D eigenvalue weighted by Gasteiger charge is 2.33. The zero-order valence-electron chi connectivity index (χ0n) is 12.3. The summed E-state index contributed by atoms with van der Waals surface area (Å²) in [5.74, 6) is -0.843. The fourth-order valence-corrected chi connectivity index (χ4v) is 3.30. The van der Waals surface area contributed by atoms with Gasteiger partial charge in [0.1, 0.15) is 5.41 Å². The molecule has 0 atom stereocenters. The monoisotopic (exact) mass is 298 g/mol. The number of hydrogen-bond acceptors (Lipinski definition) is 5. The Kier molecular flexibility index (Phi) is 4.65. The van der Waals surface area contributed by atoms with Crippen molar-refractivity contribution in [2.75, 3.05) is 24.6 Å². The predicted molar refractivity (Wildman–Crippen MR) is 79.6 cm³/mol. The van der Waals surface area contributed by atoms with Crippen LogP contribution in [0.1, 0.15) is 39.3 Å². The van der Waals surface area contributed by atoms with Crippen LogP contribution in [0.2, 0.25) is 0 Å². The molecule has 0 spiro atoms. The molecule has 0 radical (unpaired) electrons. The second-order valence-electron chi connectivity index (χ2n) is 5.59. The summed E-state index contributed by atoms with van der Waals surface area (Å²) in [6.45, 7) is 8.01. The van der Waals surface area contributed by atoms with Crippen molar-refractivity contribution in [3.8, 4) is 0 Å². The Bertz CT molecular complexity index is 465. The van der Waals surface area contributed by atoms with Crippen LogP contribution in [-0.2, 0) is 14.9 Å². The Labute approximate surface area is 123 Å². The van der Waals surface area contributed by atoms with Gasteiger partial charge >= 0.3 is 5.97 Å². The summed E-state index contributed by atoms with van der Waals surface area (Å²) in [6, 6.07) is 0. The number of ether oxygens (including phenoxy) is 1. The number of anilines is 1. The first-order chi connectivity index (χ1) is 9.45. The van der Waals surface area contributed by atoms with E-state index in [1.807, 2.05) is 12.3 Å². The van der Waals surface area contributed by atoms with Crippen LogP contribution < -0.4 is 4.90 Å². The molecule has 0 unspecified atom stereocenters. The first kappa shape index (κ1) is 15.3. The van der Waals surface area contributed by atoms with Crippen LogP contribution in [0.15, 0.2) is 5.38 Å². The topological polar surface area (TPSA) is 62.7 Å². The van der Waals surface area contributed by atoms with Gasteiger partial charge in [-0.05, 0) is 33.6 Å². The number of carboxylic acids is 1. The fourth-order valence-electron chi connectivity index (χ4n) is 2.26. The van der Waals surface area contributed by atoms with E-state index in [1.54, 1.807) is 13.8 Å². The average Bonchev–Trinajstić information content (AvgIpc) is 2.90. The SMILES string of the molecule is CCOC1CCN(c2nc(C(C)(C)C(=O)O)cs2)CC1. The van der Waals surface area contributed by atoms with E-state index in [1.165, 1.54) is 11.3 Å². The third-order valence-electron chi connectivity index (χ3n) is 3.78. The molecule has 0 amide bonds. The van der Waals surface area contributed by atoms with Crippen LogP contribution in [0.4, 0.5) is 5.13 Å². The van der Waals surface area contributed by atoms with Gasteiger partial charge in [0, 0.05) is 25.1 Å². The Morgan fingerprint density at radius 1 is 1.55 bits per heavy atom. The third-order valence-corrected chi connectivity index (χ3v) is 4.68. The number of aromatic nitrogens is 1. The molecule has 1 aliphatic heterocycles. The van der Waals surface area contributed by atoms with Crippen molar-refractivity contribution in [2.45, 2.75) is 45.1 Å². The molecule has 0 bridgehead atoms. The summed E-state index contributed by atoms with van der Waals surface area (Å²) >= 11 is 1.53. The maximum atomic E-state index is 11.3. The van der Waals surface area contributed by atoms with Gasteiger partial charge in [0.15, 0.2) is 5.13 Å². The van der Waals surface area contributed by atoms with E-state index in [9.17, 15) is 9.90 Å². The van der Waals surface area contributed by atoms with E-state index >= 15 is 0 Å². The summed E-state index contributed by atoms with van der Waals surface area (Å²) < 4.78 is 5.64. The molecule has 0 aromatic carbocycles. The average molecular weight is 298 g/mol. The summed E-state index contributed by atoms with van der Waals surface area (Å²) in [7, 11) is 0. The molecule has 20 heavy (non-hydrogen) atoms. The fraction of sp³-hybridized carbons (Fsp3) is 0.714. The minimum absolute atomic E-state index is 0.353. The van der Waals surface area contributed by atoms with Crippen LogP contribution in [0.5, 0.6) is 0 Å². The van der Waals surface area contributed by atoms with Gasteiger partial charge in [0.25, 0.3) is 0 Å². The molecule has 0 aliphatic carbocycles. The third kappa shape index (κ3) is 3.12. The molecule has 1 aliphatic rings. The van der Waals surface area contributed by atoms with E-state index in [0.29, 0.717) is 11.8 Å². The largest absolute Gasteiger partial charge is 0.481 e. The lowest BCUT2D eigenvalue weighted by atomic mass is 9.90. The zero-order chi connectivity index (χ0) is 14.8. The Balaban J connectivity index is 2.02. The Morgan fingerprint density at radius 3 is 2.75 bits per heavy atom. The highest BCUT2D eigenvalue weighted by Crippen LogP contribution is 2.30. The predicted octanol–water partition coefficient (Wildman–Crippen LogP) is 2.51. The standard InChI is InChI=1S/C14H22N2O3S/c1-4-19-10-5-7-16(8-6-10)13-15-11(9-20-13)14(2,3)12(17)18/h9-10H,4-8H2,1-3H3,(H,17,18). The van der Waals surface area contributed by atoms with Crippen molar-refractivity contribution in [2.24, 2.45) is 0 Å². The number of hydrogen-bond donors (Lipinski definition) is 1. The molecular formula is C14H22N2O3S. The van der Waals surface area contributed by atoms with Crippen LogP contribution in [-0.4, -0.2) is 41.9 Å². The summed E-state index contributed by atoms with van der Waals surface area (Å²) in [5, 5.41) is 12.0. The van der Waals surface area contributed by atoms with Crippen LogP contribution in [0, 0.1) is 0 Å². The van der Waals surface area contributed by atoms with Gasteiger partial charge in [-0.2, -0.15) is 0 Å². The molecule has 2 heterocycles. The molecule has 1 aromatic heterocycles. The second-order valence-corrected chi connectivity index (χ2v) is 6.42. The molecule has 112 valence electrons. The van der Waals surface area contributed by atoms with E-state index in [4.69, 9.17) is 4.74 Å². The van der Waals surface area contributed by atoms with E-state index in [-0.39, 0.29) is 0 Å². The van der Waals surface area contributed by atoms with E-state index < -0.39 is 11.4 Å². The number of rotatable bonds is 5. The quantitative estimate of drug-likeness (QED) is 0.905. The number of nitrogens with zero attached hydrogens (tertiary/aromatic N) is 2. The van der Waals surface area contributed by atoms with Crippen LogP contribution >= 0.6 is 11.3 Å². The molecule has 1 saturated heterocycles. The molecule has 1 N–H and O–H groups in total. The van der Waals surface area contributed by atoms with Crippen LogP contribution in [0.25, 0.3) is 0 Å². The first-order valence-electron chi connectivity index (χ1n) is 7.01. The smallest absolute Gasteiger partial charge is 0.315 e. The minimum Gasteiger partial charge on any atom is -0.481 e. The normalized spacial score (nSPS) is 17.4. The summed E-state index contributed by atoms with van der Waals surface area (Å²) in [6.07, 6.45) is 2.36. The Morgan fingerprint density at radius 2 is 2.20 bits per heavy atom. The lowest BCUT2D eigenvalue weighted by Gasteiger charge is -2.31. The second kappa shape index (κ2) is 6.10.